The van der Waals surface area contributed by atoms with Gasteiger partial charge in [0.1, 0.15) is 0 Å². The van der Waals surface area contributed by atoms with Gasteiger partial charge in [-0.15, -0.1) is 0 Å². The van der Waals surface area contributed by atoms with E-state index in [4.69, 9.17) is 9.47 Å². The van der Waals surface area contributed by atoms with Crippen molar-refractivity contribution in [1.29, 1.82) is 0 Å². The monoisotopic (exact) mass is 348 g/mol. The zero-order chi connectivity index (χ0) is 17.3. The lowest BCUT2D eigenvalue weighted by molar-refractivity contribution is -0.295. The molecule has 0 amide bonds. The van der Waals surface area contributed by atoms with Crippen molar-refractivity contribution in [3.63, 3.8) is 0 Å². The van der Waals surface area contributed by atoms with Crippen LogP contribution in [0, 0.1) is 0 Å². The lowest BCUT2D eigenvalue weighted by Crippen LogP contribution is -2.47. The van der Waals surface area contributed by atoms with Crippen LogP contribution in [-0.4, -0.2) is 65.5 Å². The summed E-state index contributed by atoms with van der Waals surface area (Å²) in [4.78, 5) is 11.4. The second kappa shape index (κ2) is 6.49. The van der Waals surface area contributed by atoms with E-state index in [1.54, 1.807) is 13.8 Å². The van der Waals surface area contributed by atoms with E-state index in [9.17, 15) is 13.2 Å². The molecule has 1 aliphatic rings. The number of carbonyl (C=O) groups excluding carboxylic acids is 1. The Bertz CT molecular complexity index is 671. The van der Waals surface area contributed by atoms with Crippen molar-refractivity contribution >= 4 is 15.8 Å². The Morgan fingerprint density at radius 2 is 2.04 bits per heavy atom. The Labute approximate surface area is 134 Å². The van der Waals surface area contributed by atoms with Crippen molar-refractivity contribution < 1.29 is 27.4 Å². The van der Waals surface area contributed by atoms with Crippen LogP contribution < -0.4 is 0 Å². The Morgan fingerprint density at radius 1 is 1.39 bits per heavy atom. The van der Waals surface area contributed by atoms with Gasteiger partial charge in [0, 0.05) is 13.5 Å². The summed E-state index contributed by atoms with van der Waals surface area (Å²) in [6.45, 7) is 3.33. The minimum atomic E-state index is -3.72. The maximum atomic E-state index is 12.4. The average Bonchev–Trinajstić information content (AvgIpc) is 2.83. The Hall–Kier alpha value is -1.59. The number of hydrogen-bond donors (Lipinski definition) is 0. The third-order valence-electron chi connectivity index (χ3n) is 3.31. The van der Waals surface area contributed by atoms with Crippen molar-refractivity contribution in [1.82, 2.24) is 20.2 Å². The summed E-state index contributed by atoms with van der Waals surface area (Å²) in [6.07, 6.45) is -0.840. The Kier molecular flexibility index (Phi) is 5.01. The Morgan fingerprint density at radius 3 is 2.61 bits per heavy atom. The second-order valence-corrected chi connectivity index (χ2v) is 7.69. The van der Waals surface area contributed by atoms with Crippen LogP contribution in [-0.2, 0) is 35.9 Å². The minimum absolute atomic E-state index is 0.0331. The van der Waals surface area contributed by atoms with Gasteiger partial charge in [-0.05, 0) is 24.3 Å². The standard InChI is InChI=1S/C12H20N4O6S/c1-12(2)21-8(6-10(17)20-4)5-9(22-12)7-23(18,19)11-13-14-15-16(11)3/h8-9H,5-7H2,1-4H3/t8-,9+/m1/s1. The first-order chi connectivity index (χ1) is 10.6. The third-order valence-corrected chi connectivity index (χ3v) is 5.03. The summed E-state index contributed by atoms with van der Waals surface area (Å²) in [5.41, 5.74) is 0. The van der Waals surface area contributed by atoms with Crippen LogP contribution in [0.15, 0.2) is 5.16 Å². The smallest absolute Gasteiger partial charge is 0.308 e. The molecule has 1 saturated heterocycles. The van der Waals surface area contributed by atoms with Gasteiger partial charge in [0.05, 0.1) is 31.5 Å². The molecule has 130 valence electrons. The number of tetrazole rings is 1. The fourth-order valence-corrected chi connectivity index (χ4v) is 3.96. The zero-order valence-electron chi connectivity index (χ0n) is 13.4. The van der Waals surface area contributed by atoms with E-state index in [0.717, 1.165) is 4.68 Å². The highest BCUT2D eigenvalue weighted by Gasteiger charge is 2.39. The van der Waals surface area contributed by atoms with Gasteiger partial charge in [-0.25, -0.2) is 13.1 Å². The molecule has 0 aliphatic carbocycles. The number of rotatable bonds is 5. The SMILES string of the molecule is COC(=O)C[C@H]1C[C@@H](CS(=O)(=O)c2nnnn2C)OC(C)(C)O1. The molecule has 2 atom stereocenters. The van der Waals surface area contributed by atoms with E-state index >= 15 is 0 Å². The molecule has 0 unspecified atom stereocenters. The quantitative estimate of drug-likeness (QED) is 0.645. The van der Waals surface area contributed by atoms with Gasteiger partial charge in [-0.1, -0.05) is 5.10 Å². The first kappa shape index (κ1) is 17.8. The number of aromatic nitrogens is 4. The largest absolute Gasteiger partial charge is 0.469 e. The van der Waals surface area contributed by atoms with Gasteiger partial charge in [0.25, 0.3) is 5.16 Å². The van der Waals surface area contributed by atoms with Gasteiger partial charge in [0.2, 0.25) is 9.84 Å². The van der Waals surface area contributed by atoms with E-state index in [1.165, 1.54) is 14.2 Å². The van der Waals surface area contributed by atoms with Crippen molar-refractivity contribution in [2.75, 3.05) is 12.9 Å². The molecule has 23 heavy (non-hydrogen) atoms. The second-order valence-electron chi connectivity index (χ2n) is 5.76. The topological polar surface area (TPSA) is 123 Å². The highest BCUT2D eigenvalue weighted by Crippen LogP contribution is 2.29. The summed E-state index contributed by atoms with van der Waals surface area (Å²) in [7, 11) is -0.991. The molecule has 1 fully saturated rings. The van der Waals surface area contributed by atoms with Crippen LogP contribution >= 0.6 is 0 Å². The van der Waals surface area contributed by atoms with E-state index < -0.39 is 33.8 Å². The molecule has 11 heteroatoms. The number of hydrogen-bond acceptors (Lipinski definition) is 9. The minimum Gasteiger partial charge on any atom is -0.469 e. The van der Waals surface area contributed by atoms with Gasteiger partial charge in [-0.2, -0.15) is 0 Å². The van der Waals surface area contributed by atoms with Crippen molar-refractivity contribution in [2.45, 2.75) is 49.8 Å². The molecular formula is C12H20N4O6S. The number of methoxy groups -OCH3 is 1. The molecule has 1 aliphatic heterocycles. The van der Waals surface area contributed by atoms with Crippen molar-refractivity contribution in [3.05, 3.63) is 0 Å². The molecule has 1 aromatic rings. The maximum absolute atomic E-state index is 12.4. The predicted octanol–water partition coefficient (Wildman–Crippen LogP) is -0.543. The first-order valence-corrected chi connectivity index (χ1v) is 8.66. The van der Waals surface area contributed by atoms with E-state index in [-0.39, 0.29) is 23.8 Å². The van der Waals surface area contributed by atoms with Crippen molar-refractivity contribution in [2.24, 2.45) is 7.05 Å². The summed E-state index contributed by atoms with van der Waals surface area (Å²) in [5.74, 6) is -1.73. The van der Waals surface area contributed by atoms with Gasteiger partial charge < -0.3 is 14.2 Å². The summed E-state index contributed by atoms with van der Waals surface area (Å²) < 4.78 is 41.8. The third kappa shape index (κ3) is 4.45. The lowest BCUT2D eigenvalue weighted by Gasteiger charge is -2.40. The molecule has 2 heterocycles. The number of esters is 1. The van der Waals surface area contributed by atoms with E-state index in [1.807, 2.05) is 0 Å². The molecule has 0 saturated carbocycles. The highest BCUT2D eigenvalue weighted by molar-refractivity contribution is 7.91. The van der Waals surface area contributed by atoms with Crippen LogP contribution in [0.5, 0.6) is 0 Å². The first-order valence-electron chi connectivity index (χ1n) is 7.00. The van der Waals surface area contributed by atoms with Gasteiger partial charge in [-0.3, -0.25) is 4.79 Å². The number of sulfone groups is 1. The molecule has 0 bridgehead atoms. The zero-order valence-corrected chi connectivity index (χ0v) is 14.2. The molecule has 0 N–H and O–H groups in total. The summed E-state index contributed by atoms with van der Waals surface area (Å²) in [6, 6.07) is 0. The number of ether oxygens (including phenoxy) is 3. The van der Waals surface area contributed by atoms with Crippen LogP contribution in [0.25, 0.3) is 0 Å². The predicted molar refractivity (Wildman–Crippen MR) is 75.9 cm³/mol. The number of aryl methyl sites for hydroxylation is 1. The van der Waals surface area contributed by atoms with Gasteiger partial charge in [0.15, 0.2) is 5.79 Å². The fourth-order valence-electron chi connectivity index (χ4n) is 2.52. The fraction of sp³-hybridized carbons (Fsp3) is 0.833. The Balaban J connectivity index is 2.12. The van der Waals surface area contributed by atoms with Crippen molar-refractivity contribution in [3.8, 4) is 0 Å². The number of nitrogens with zero attached hydrogens (tertiary/aromatic N) is 4. The highest BCUT2D eigenvalue weighted by atomic mass is 32.2. The average molecular weight is 348 g/mol. The molecule has 1 aromatic heterocycles. The van der Waals surface area contributed by atoms with E-state index in [0.29, 0.717) is 0 Å². The normalized spacial score (nSPS) is 24.3. The molecule has 0 radical (unpaired) electrons. The lowest BCUT2D eigenvalue weighted by atomic mass is 10.1. The molecular weight excluding hydrogens is 328 g/mol. The molecule has 2 rings (SSSR count). The van der Waals surface area contributed by atoms with Gasteiger partial charge >= 0.3 is 5.97 Å². The molecule has 0 spiro atoms. The van der Waals surface area contributed by atoms with Crippen LogP contribution in [0.3, 0.4) is 0 Å². The van der Waals surface area contributed by atoms with Crippen LogP contribution in [0.1, 0.15) is 26.7 Å². The maximum Gasteiger partial charge on any atom is 0.308 e. The number of carbonyl (C=O) groups is 1. The molecule has 10 nitrogen and oxygen atoms in total. The van der Waals surface area contributed by atoms with Crippen LogP contribution in [0.2, 0.25) is 0 Å². The van der Waals surface area contributed by atoms with E-state index in [2.05, 4.69) is 20.3 Å². The summed E-state index contributed by atoms with van der Waals surface area (Å²) in [5, 5.41) is 10.1. The summed E-state index contributed by atoms with van der Waals surface area (Å²) >= 11 is 0. The van der Waals surface area contributed by atoms with Crippen LogP contribution in [0.4, 0.5) is 0 Å². The molecule has 0 aromatic carbocycles.